The van der Waals surface area contributed by atoms with Gasteiger partial charge in [0.1, 0.15) is 11.5 Å². The highest BCUT2D eigenvalue weighted by atomic mass is 32.2. The van der Waals surface area contributed by atoms with E-state index < -0.39 is 15.9 Å². The molecule has 0 saturated heterocycles. The number of para-hydroxylation sites is 1. The molecule has 0 bridgehead atoms. The van der Waals surface area contributed by atoms with Crippen molar-refractivity contribution in [3.05, 3.63) is 72.1 Å². The van der Waals surface area contributed by atoms with Gasteiger partial charge in [-0.15, -0.1) is 0 Å². The molecule has 0 spiro atoms. The molecule has 2 N–H and O–H groups in total. The number of carbonyl (C=O) groups is 1. The molecule has 2 heterocycles. The molecular weight excluding hydrogens is 446 g/mol. The van der Waals surface area contributed by atoms with Crippen LogP contribution in [0.5, 0.6) is 11.5 Å². The van der Waals surface area contributed by atoms with E-state index in [0.717, 1.165) is 4.31 Å². The molecule has 170 valence electrons. The molecule has 2 aromatic carbocycles. The minimum absolute atomic E-state index is 0.00715. The lowest BCUT2D eigenvalue weighted by molar-refractivity contribution is 0.0707. The van der Waals surface area contributed by atoms with E-state index >= 15 is 0 Å². The van der Waals surface area contributed by atoms with E-state index in [-0.39, 0.29) is 16.1 Å². The first-order valence-corrected chi connectivity index (χ1v) is 11.3. The zero-order valence-electron chi connectivity index (χ0n) is 18.1. The molecule has 33 heavy (non-hydrogen) atoms. The number of carbonyl (C=O) groups excluding carboxylic acids is 1. The fourth-order valence-corrected chi connectivity index (χ4v) is 4.76. The van der Waals surface area contributed by atoms with Crippen molar-refractivity contribution < 1.29 is 23.2 Å². The molecule has 10 nitrogen and oxygen atoms in total. The van der Waals surface area contributed by atoms with Gasteiger partial charge < -0.3 is 4.74 Å². The number of aromatic nitrogens is 3. The van der Waals surface area contributed by atoms with Crippen LogP contribution >= 0.6 is 0 Å². The van der Waals surface area contributed by atoms with Gasteiger partial charge in [-0.1, -0.05) is 18.2 Å². The van der Waals surface area contributed by atoms with E-state index in [1.165, 1.54) is 30.1 Å². The Labute approximate surface area is 190 Å². The van der Waals surface area contributed by atoms with Crippen molar-refractivity contribution in [2.24, 2.45) is 7.05 Å². The third-order valence-electron chi connectivity index (χ3n) is 5.12. The number of aryl methyl sites for hydroxylation is 2. The zero-order valence-corrected chi connectivity index (χ0v) is 18.9. The van der Waals surface area contributed by atoms with Crippen LogP contribution in [0.3, 0.4) is 0 Å². The molecule has 1 amide bonds. The summed E-state index contributed by atoms with van der Waals surface area (Å²) in [6.07, 6.45) is 1.20. The summed E-state index contributed by atoms with van der Waals surface area (Å²) in [5, 5.41) is 13.9. The predicted octanol–water partition coefficient (Wildman–Crippen LogP) is 3.01. The van der Waals surface area contributed by atoms with E-state index in [4.69, 9.17) is 4.74 Å². The minimum atomic E-state index is -4.09. The Morgan fingerprint density at radius 2 is 1.73 bits per heavy atom. The summed E-state index contributed by atoms with van der Waals surface area (Å²) in [7, 11) is -1.10. The van der Waals surface area contributed by atoms with Crippen molar-refractivity contribution in [2.75, 3.05) is 11.4 Å². The summed E-state index contributed by atoms with van der Waals surface area (Å²) in [6.45, 7) is 1.68. The van der Waals surface area contributed by atoms with Crippen LogP contribution in [0.4, 0.5) is 5.69 Å². The molecule has 0 saturated carbocycles. The standard InChI is InChI=1S/C22H21N5O5S/c1-14-19-20(18(22(28)25-29)13-23-21(19)26(2)24-14)27(3)33(30,31)17-11-9-16(10-12-17)32-15-7-5-4-6-8-15/h4-13,29H,1-3H3,(H,25,28). The lowest BCUT2D eigenvalue weighted by Gasteiger charge is -2.23. The van der Waals surface area contributed by atoms with Crippen LogP contribution in [0.25, 0.3) is 11.0 Å². The molecule has 11 heteroatoms. The fourth-order valence-electron chi connectivity index (χ4n) is 3.53. The van der Waals surface area contributed by atoms with E-state index in [1.807, 2.05) is 18.2 Å². The summed E-state index contributed by atoms with van der Waals surface area (Å²) in [5.74, 6) is 0.199. The molecule has 0 fully saturated rings. The molecule has 0 radical (unpaired) electrons. The summed E-state index contributed by atoms with van der Waals surface area (Å²) in [5.41, 5.74) is 2.36. The maximum atomic E-state index is 13.5. The van der Waals surface area contributed by atoms with E-state index in [0.29, 0.717) is 28.2 Å². The van der Waals surface area contributed by atoms with Crippen LogP contribution in [0.1, 0.15) is 16.1 Å². The highest BCUT2D eigenvalue weighted by Crippen LogP contribution is 2.34. The minimum Gasteiger partial charge on any atom is -0.457 e. The van der Waals surface area contributed by atoms with Crippen molar-refractivity contribution in [1.29, 1.82) is 0 Å². The highest BCUT2D eigenvalue weighted by molar-refractivity contribution is 7.92. The first-order valence-electron chi connectivity index (χ1n) is 9.82. The fraction of sp³-hybridized carbons (Fsp3) is 0.136. The molecule has 0 aliphatic rings. The Bertz CT molecular complexity index is 1430. The molecule has 0 atom stereocenters. The number of pyridine rings is 1. The molecule has 4 rings (SSSR count). The van der Waals surface area contributed by atoms with Gasteiger partial charge >= 0.3 is 0 Å². The number of hydroxylamine groups is 1. The van der Waals surface area contributed by atoms with Gasteiger partial charge in [0.2, 0.25) is 0 Å². The first kappa shape index (κ1) is 22.2. The number of anilines is 1. The third-order valence-corrected chi connectivity index (χ3v) is 6.89. The summed E-state index contributed by atoms with van der Waals surface area (Å²) in [4.78, 5) is 16.5. The monoisotopic (exact) mass is 467 g/mol. The average Bonchev–Trinajstić information content (AvgIpc) is 3.12. The maximum Gasteiger partial charge on any atom is 0.278 e. The number of nitrogens with one attached hydrogen (secondary N) is 1. The van der Waals surface area contributed by atoms with Crippen LogP contribution in [-0.4, -0.2) is 41.3 Å². The Kier molecular flexibility index (Phi) is 5.75. The van der Waals surface area contributed by atoms with E-state index in [2.05, 4.69) is 10.1 Å². The second-order valence-corrected chi connectivity index (χ2v) is 9.20. The van der Waals surface area contributed by atoms with Gasteiger partial charge in [-0.2, -0.15) is 5.10 Å². The van der Waals surface area contributed by atoms with Gasteiger partial charge in [0.05, 0.1) is 27.2 Å². The second kappa shape index (κ2) is 8.52. The van der Waals surface area contributed by atoms with Crippen molar-refractivity contribution in [2.45, 2.75) is 11.8 Å². The van der Waals surface area contributed by atoms with Crippen LogP contribution in [0, 0.1) is 6.92 Å². The molecule has 0 unspecified atom stereocenters. The normalized spacial score (nSPS) is 11.4. The average molecular weight is 468 g/mol. The van der Waals surface area contributed by atoms with E-state index in [1.54, 1.807) is 43.7 Å². The largest absolute Gasteiger partial charge is 0.457 e. The number of amides is 1. The molecule has 0 aliphatic carbocycles. The number of rotatable bonds is 6. The van der Waals surface area contributed by atoms with E-state index in [9.17, 15) is 18.4 Å². The smallest absolute Gasteiger partial charge is 0.278 e. The topological polar surface area (TPSA) is 127 Å². The summed E-state index contributed by atoms with van der Waals surface area (Å²) >= 11 is 0. The maximum absolute atomic E-state index is 13.5. The first-order chi connectivity index (χ1) is 15.7. The van der Waals surface area contributed by atoms with Gasteiger partial charge in [-0.25, -0.2) is 18.9 Å². The number of nitrogens with zero attached hydrogens (tertiary/aromatic N) is 4. The van der Waals surface area contributed by atoms with Crippen molar-refractivity contribution in [3.63, 3.8) is 0 Å². The van der Waals surface area contributed by atoms with Gasteiger partial charge in [-0.05, 0) is 43.3 Å². The summed E-state index contributed by atoms with van der Waals surface area (Å²) in [6, 6.07) is 15.0. The molecule has 0 aliphatic heterocycles. The van der Waals surface area contributed by atoms with Gasteiger partial charge in [0.25, 0.3) is 15.9 Å². The predicted molar refractivity (Wildman–Crippen MR) is 121 cm³/mol. The van der Waals surface area contributed by atoms with Crippen LogP contribution in [0.2, 0.25) is 0 Å². The Balaban J connectivity index is 1.77. The Morgan fingerprint density at radius 1 is 1.09 bits per heavy atom. The molecular formula is C22H21N5O5S. The zero-order chi connectivity index (χ0) is 23.8. The summed E-state index contributed by atoms with van der Waals surface area (Å²) < 4.78 is 35.1. The van der Waals surface area contributed by atoms with Gasteiger partial charge in [0.15, 0.2) is 5.65 Å². The lowest BCUT2D eigenvalue weighted by Crippen LogP contribution is -2.30. The van der Waals surface area contributed by atoms with Crippen molar-refractivity contribution in [3.8, 4) is 11.5 Å². The van der Waals surface area contributed by atoms with Gasteiger partial charge in [0, 0.05) is 20.3 Å². The van der Waals surface area contributed by atoms with Gasteiger partial charge in [-0.3, -0.25) is 19.0 Å². The van der Waals surface area contributed by atoms with Crippen LogP contribution < -0.4 is 14.5 Å². The van der Waals surface area contributed by atoms with Crippen molar-refractivity contribution in [1.82, 2.24) is 20.2 Å². The van der Waals surface area contributed by atoms with Crippen LogP contribution in [0.15, 0.2) is 65.7 Å². The van der Waals surface area contributed by atoms with Crippen molar-refractivity contribution >= 4 is 32.7 Å². The SMILES string of the molecule is Cc1nn(C)c2ncc(C(=O)NO)c(N(C)S(=O)(=O)c3ccc(Oc4ccccc4)cc3)c12. The lowest BCUT2D eigenvalue weighted by atomic mass is 10.1. The number of benzene rings is 2. The Hall–Kier alpha value is -3.96. The number of hydrogen-bond acceptors (Lipinski definition) is 7. The third kappa shape index (κ3) is 3.99. The highest BCUT2D eigenvalue weighted by Gasteiger charge is 2.29. The number of fused-ring (bicyclic) bond motifs is 1. The molecule has 2 aromatic heterocycles. The number of sulfonamides is 1. The number of ether oxygens (including phenoxy) is 1. The number of hydrogen-bond donors (Lipinski definition) is 2. The second-order valence-electron chi connectivity index (χ2n) is 7.23. The Morgan fingerprint density at radius 3 is 2.36 bits per heavy atom. The molecule has 4 aromatic rings. The van der Waals surface area contributed by atoms with Crippen LogP contribution in [-0.2, 0) is 17.1 Å². The quantitative estimate of drug-likeness (QED) is 0.330.